The van der Waals surface area contributed by atoms with E-state index in [1.165, 1.54) is 19.1 Å². The molecule has 0 saturated heterocycles. The van der Waals surface area contributed by atoms with Gasteiger partial charge in [0.15, 0.2) is 6.61 Å². The second-order valence-electron chi connectivity index (χ2n) is 8.15. The van der Waals surface area contributed by atoms with Gasteiger partial charge in [0.2, 0.25) is 5.91 Å². The molecule has 9 heteroatoms. The quantitative estimate of drug-likeness (QED) is 0.413. The van der Waals surface area contributed by atoms with E-state index in [1.807, 2.05) is 30.3 Å². The summed E-state index contributed by atoms with van der Waals surface area (Å²) in [7, 11) is 0. The Kier molecular flexibility index (Phi) is 7.68. The molecule has 0 unspecified atom stereocenters. The highest BCUT2D eigenvalue weighted by Crippen LogP contribution is 2.29. The predicted molar refractivity (Wildman–Crippen MR) is 125 cm³/mol. The minimum Gasteiger partial charge on any atom is -0.484 e. The highest BCUT2D eigenvalue weighted by molar-refractivity contribution is 5.94. The first kappa shape index (κ1) is 24.5. The number of aliphatic carboxylic acids is 1. The fraction of sp³-hybridized carbons (Fsp3) is 0.280. The largest absolute Gasteiger partial charge is 0.484 e. The predicted octanol–water partition coefficient (Wildman–Crippen LogP) is 2.57. The third-order valence-electron chi connectivity index (χ3n) is 5.17. The van der Waals surface area contributed by atoms with E-state index in [9.17, 15) is 24.3 Å². The number of carboxylic acid groups (broad SMARTS) is 1. The van der Waals surface area contributed by atoms with Gasteiger partial charge in [-0.25, -0.2) is 9.59 Å². The van der Waals surface area contributed by atoms with E-state index >= 15 is 0 Å². The normalized spacial score (nSPS) is 12.7. The van der Waals surface area contributed by atoms with E-state index in [0.717, 1.165) is 11.1 Å². The van der Waals surface area contributed by atoms with Crippen molar-refractivity contribution in [1.82, 2.24) is 10.6 Å². The van der Waals surface area contributed by atoms with Crippen LogP contribution in [0.25, 0.3) is 22.1 Å². The Labute approximate surface area is 195 Å². The average Bonchev–Trinajstić information content (AvgIpc) is 2.80. The van der Waals surface area contributed by atoms with E-state index in [4.69, 9.17) is 9.15 Å². The molecule has 178 valence electrons. The SMILES string of the molecule is CC(C)[C@H](NC(=O)[C@H](C)NC(=O)COc1ccc2c(-c3ccccc3)cc(=O)oc2c1)C(=O)O. The van der Waals surface area contributed by atoms with Gasteiger partial charge in [0.05, 0.1) is 0 Å². The van der Waals surface area contributed by atoms with E-state index in [-0.39, 0.29) is 5.92 Å². The van der Waals surface area contributed by atoms with Gasteiger partial charge in [0, 0.05) is 17.5 Å². The number of carbonyl (C=O) groups excluding carboxylic acids is 2. The first-order valence-corrected chi connectivity index (χ1v) is 10.7. The smallest absolute Gasteiger partial charge is 0.336 e. The van der Waals surface area contributed by atoms with E-state index in [1.54, 1.807) is 26.0 Å². The number of benzene rings is 2. The lowest BCUT2D eigenvalue weighted by Crippen LogP contribution is -2.52. The summed E-state index contributed by atoms with van der Waals surface area (Å²) in [6.07, 6.45) is 0. The third-order valence-corrected chi connectivity index (χ3v) is 5.17. The van der Waals surface area contributed by atoms with Gasteiger partial charge >= 0.3 is 11.6 Å². The van der Waals surface area contributed by atoms with Crippen LogP contribution in [0, 0.1) is 5.92 Å². The van der Waals surface area contributed by atoms with Crippen LogP contribution in [0.1, 0.15) is 20.8 Å². The molecule has 0 spiro atoms. The number of nitrogens with one attached hydrogen (secondary N) is 2. The van der Waals surface area contributed by atoms with Crippen molar-refractivity contribution in [3.63, 3.8) is 0 Å². The Morgan fingerprint density at radius 3 is 2.35 bits per heavy atom. The van der Waals surface area contributed by atoms with E-state index < -0.39 is 42.1 Å². The molecule has 0 bridgehead atoms. The van der Waals surface area contributed by atoms with Crippen LogP contribution in [0.2, 0.25) is 0 Å². The molecule has 1 aromatic heterocycles. The molecule has 0 radical (unpaired) electrons. The molecule has 2 amide bonds. The van der Waals surface area contributed by atoms with Gasteiger partial charge in [0.1, 0.15) is 23.4 Å². The summed E-state index contributed by atoms with van der Waals surface area (Å²) in [5, 5.41) is 14.8. The number of carboxylic acids is 1. The Bertz CT molecular complexity index is 1250. The van der Waals surface area contributed by atoms with Crippen LogP contribution in [0.5, 0.6) is 5.75 Å². The van der Waals surface area contributed by atoms with Crippen LogP contribution >= 0.6 is 0 Å². The third kappa shape index (κ3) is 6.00. The first-order chi connectivity index (χ1) is 16.2. The van der Waals surface area contributed by atoms with Gasteiger partial charge in [-0.15, -0.1) is 0 Å². The van der Waals surface area contributed by atoms with Crippen molar-refractivity contribution in [3.8, 4) is 16.9 Å². The zero-order valence-electron chi connectivity index (χ0n) is 19.0. The molecule has 0 aliphatic rings. The number of carbonyl (C=O) groups is 3. The lowest BCUT2D eigenvalue weighted by Gasteiger charge is -2.21. The lowest BCUT2D eigenvalue weighted by molar-refractivity contribution is -0.143. The Morgan fingerprint density at radius 2 is 1.71 bits per heavy atom. The molecule has 1 heterocycles. The summed E-state index contributed by atoms with van der Waals surface area (Å²) in [4.78, 5) is 47.8. The molecule has 0 aliphatic heterocycles. The van der Waals surface area contributed by atoms with Crippen molar-refractivity contribution in [2.45, 2.75) is 32.9 Å². The first-order valence-electron chi connectivity index (χ1n) is 10.7. The summed E-state index contributed by atoms with van der Waals surface area (Å²) in [5.41, 5.74) is 1.38. The molecule has 3 N–H and O–H groups in total. The zero-order chi connectivity index (χ0) is 24.8. The average molecular weight is 466 g/mol. The van der Waals surface area contributed by atoms with Crippen LogP contribution in [-0.4, -0.2) is 41.6 Å². The lowest BCUT2D eigenvalue weighted by atomic mass is 10.0. The van der Waals surface area contributed by atoms with Crippen molar-refractivity contribution in [3.05, 3.63) is 65.0 Å². The van der Waals surface area contributed by atoms with Crippen molar-refractivity contribution in [2.75, 3.05) is 6.61 Å². The number of hydrogen-bond donors (Lipinski definition) is 3. The molecule has 0 saturated carbocycles. The van der Waals surface area contributed by atoms with Crippen molar-refractivity contribution < 1.29 is 28.6 Å². The molecular weight excluding hydrogens is 440 g/mol. The highest BCUT2D eigenvalue weighted by Gasteiger charge is 2.26. The fourth-order valence-electron chi connectivity index (χ4n) is 3.38. The van der Waals surface area contributed by atoms with Crippen LogP contribution in [-0.2, 0) is 14.4 Å². The number of rotatable bonds is 9. The molecule has 2 aromatic carbocycles. The number of ether oxygens (including phenoxy) is 1. The Morgan fingerprint density at radius 1 is 1.00 bits per heavy atom. The highest BCUT2D eigenvalue weighted by atomic mass is 16.5. The van der Waals surface area contributed by atoms with E-state index in [2.05, 4.69) is 10.6 Å². The summed E-state index contributed by atoms with van der Waals surface area (Å²) in [5.74, 6) is -2.35. The fourth-order valence-corrected chi connectivity index (χ4v) is 3.38. The Balaban J connectivity index is 1.65. The maximum atomic E-state index is 12.2. The van der Waals surface area contributed by atoms with Crippen molar-refractivity contribution >= 4 is 28.8 Å². The molecule has 0 aliphatic carbocycles. The molecule has 0 fully saturated rings. The summed E-state index contributed by atoms with van der Waals surface area (Å²) in [6, 6.07) is 13.7. The number of fused-ring (bicyclic) bond motifs is 1. The Hall–Kier alpha value is -4.14. The molecule has 3 rings (SSSR count). The molecular formula is C25H26N2O7. The van der Waals surface area contributed by atoms with Gasteiger partial charge in [-0.1, -0.05) is 44.2 Å². The van der Waals surface area contributed by atoms with Gasteiger partial charge in [-0.2, -0.15) is 0 Å². The maximum Gasteiger partial charge on any atom is 0.336 e. The molecule has 34 heavy (non-hydrogen) atoms. The standard InChI is InChI=1S/C25H26N2O7/c1-14(2)23(25(31)32)27-24(30)15(3)26-21(28)13-33-17-9-10-18-19(16-7-5-4-6-8-16)12-22(29)34-20(18)11-17/h4-12,14-15,23H,13H2,1-3H3,(H,26,28)(H,27,30)(H,31,32)/t15-,23-/m0/s1. The van der Waals surface area contributed by atoms with Crippen molar-refractivity contribution in [1.29, 1.82) is 0 Å². The van der Waals surface area contributed by atoms with Gasteiger partial charge in [-0.3, -0.25) is 9.59 Å². The van der Waals surface area contributed by atoms with Gasteiger partial charge < -0.3 is 24.9 Å². The monoisotopic (exact) mass is 466 g/mol. The summed E-state index contributed by atoms with van der Waals surface area (Å²) in [6.45, 7) is 4.40. The zero-order valence-corrected chi connectivity index (χ0v) is 19.0. The maximum absolute atomic E-state index is 12.2. The molecule has 9 nitrogen and oxygen atoms in total. The topological polar surface area (TPSA) is 135 Å². The van der Waals surface area contributed by atoms with Crippen LogP contribution in [0.4, 0.5) is 0 Å². The van der Waals surface area contributed by atoms with E-state index in [0.29, 0.717) is 16.7 Å². The minimum absolute atomic E-state index is 0.305. The van der Waals surface area contributed by atoms with Gasteiger partial charge in [0.25, 0.3) is 5.91 Å². The van der Waals surface area contributed by atoms with Crippen LogP contribution in [0.15, 0.2) is 63.8 Å². The number of hydrogen-bond acceptors (Lipinski definition) is 6. The summed E-state index contributed by atoms with van der Waals surface area (Å²) >= 11 is 0. The summed E-state index contributed by atoms with van der Waals surface area (Å²) < 4.78 is 10.8. The number of amides is 2. The van der Waals surface area contributed by atoms with Crippen LogP contribution < -0.4 is 21.0 Å². The van der Waals surface area contributed by atoms with Gasteiger partial charge in [-0.05, 0) is 36.1 Å². The second-order valence-corrected chi connectivity index (χ2v) is 8.15. The van der Waals surface area contributed by atoms with Crippen LogP contribution in [0.3, 0.4) is 0 Å². The molecule has 3 aromatic rings. The molecule has 2 atom stereocenters. The minimum atomic E-state index is -1.15. The van der Waals surface area contributed by atoms with Crippen molar-refractivity contribution in [2.24, 2.45) is 5.92 Å². The second kappa shape index (κ2) is 10.7.